The van der Waals surface area contributed by atoms with Crippen LogP contribution in [-0.2, 0) is 0 Å². The molecule has 0 bridgehead atoms. The Morgan fingerprint density at radius 1 is 0.941 bits per heavy atom. The van der Waals surface area contributed by atoms with Gasteiger partial charge in [0.05, 0.1) is 0 Å². The molecule has 3 heteroatoms. The number of aliphatic hydroxyl groups is 1. The fourth-order valence-corrected chi connectivity index (χ4v) is 3.68. The van der Waals surface area contributed by atoms with E-state index in [2.05, 4.69) is 5.32 Å². The van der Waals surface area contributed by atoms with E-state index in [0.29, 0.717) is 30.4 Å². The maximum absolute atomic E-state index is 9.40. The van der Waals surface area contributed by atoms with Gasteiger partial charge in [-0.05, 0) is 56.5 Å². The fraction of sp³-hybridized carbons (Fsp3) is 1.00. The highest BCUT2D eigenvalue weighted by atomic mass is 16.3. The molecular weight excluding hydrogens is 212 g/mol. The van der Waals surface area contributed by atoms with Crippen molar-refractivity contribution < 1.29 is 5.11 Å². The topological polar surface area (TPSA) is 58.3 Å². The lowest BCUT2D eigenvalue weighted by atomic mass is 9.79. The van der Waals surface area contributed by atoms with Crippen molar-refractivity contribution in [2.45, 2.75) is 51.0 Å². The van der Waals surface area contributed by atoms with E-state index < -0.39 is 0 Å². The molecule has 0 heterocycles. The molecule has 2 saturated carbocycles. The predicted molar refractivity (Wildman–Crippen MR) is 70.7 cm³/mol. The minimum absolute atomic E-state index is 0.372. The molecule has 0 saturated heterocycles. The first-order valence-corrected chi connectivity index (χ1v) is 7.39. The molecule has 0 aromatic heterocycles. The molecule has 4 atom stereocenters. The van der Waals surface area contributed by atoms with Crippen molar-refractivity contribution in [1.82, 2.24) is 5.32 Å². The highest BCUT2D eigenvalue weighted by molar-refractivity contribution is 4.85. The Bertz CT molecular complexity index is 222. The molecule has 0 aliphatic heterocycles. The van der Waals surface area contributed by atoms with E-state index in [1.807, 2.05) is 0 Å². The van der Waals surface area contributed by atoms with E-state index in [9.17, 15) is 5.11 Å². The molecule has 0 spiro atoms. The molecule has 4 N–H and O–H groups in total. The van der Waals surface area contributed by atoms with Crippen molar-refractivity contribution in [3.63, 3.8) is 0 Å². The summed E-state index contributed by atoms with van der Waals surface area (Å²) in [5.74, 6) is 1.91. The number of rotatable bonds is 5. The smallest absolute Gasteiger partial charge is 0.0462 e. The van der Waals surface area contributed by atoms with Crippen LogP contribution in [0.3, 0.4) is 0 Å². The van der Waals surface area contributed by atoms with Crippen LogP contribution in [0.25, 0.3) is 0 Å². The van der Waals surface area contributed by atoms with Crippen LogP contribution in [0.5, 0.6) is 0 Å². The van der Waals surface area contributed by atoms with E-state index in [1.54, 1.807) is 0 Å². The first kappa shape index (κ1) is 13.3. The largest absolute Gasteiger partial charge is 0.396 e. The Morgan fingerprint density at radius 2 is 1.65 bits per heavy atom. The van der Waals surface area contributed by atoms with Crippen molar-refractivity contribution >= 4 is 0 Å². The van der Waals surface area contributed by atoms with Crippen LogP contribution in [0.1, 0.15) is 44.9 Å². The summed E-state index contributed by atoms with van der Waals surface area (Å²) in [4.78, 5) is 0. The summed E-state index contributed by atoms with van der Waals surface area (Å²) < 4.78 is 0. The van der Waals surface area contributed by atoms with E-state index >= 15 is 0 Å². The molecule has 0 amide bonds. The monoisotopic (exact) mass is 240 g/mol. The summed E-state index contributed by atoms with van der Waals surface area (Å²) in [5.41, 5.74) is 5.81. The quantitative estimate of drug-likeness (QED) is 0.682. The molecule has 3 nitrogen and oxygen atoms in total. The highest BCUT2D eigenvalue weighted by Crippen LogP contribution is 2.30. The van der Waals surface area contributed by atoms with Gasteiger partial charge in [-0.3, -0.25) is 0 Å². The van der Waals surface area contributed by atoms with E-state index in [4.69, 9.17) is 5.73 Å². The van der Waals surface area contributed by atoms with Crippen molar-refractivity contribution in [2.24, 2.45) is 23.5 Å². The van der Waals surface area contributed by atoms with Gasteiger partial charge in [-0.25, -0.2) is 0 Å². The molecule has 0 radical (unpaired) electrons. The Kier molecular flexibility index (Phi) is 5.26. The fourth-order valence-electron chi connectivity index (χ4n) is 3.68. The van der Waals surface area contributed by atoms with Crippen molar-refractivity contribution in [2.75, 3.05) is 19.7 Å². The third-order valence-electron chi connectivity index (χ3n) is 4.91. The molecule has 0 aromatic carbocycles. The first-order chi connectivity index (χ1) is 8.35. The van der Waals surface area contributed by atoms with Crippen molar-refractivity contribution in [3.05, 3.63) is 0 Å². The van der Waals surface area contributed by atoms with Gasteiger partial charge in [0, 0.05) is 12.6 Å². The summed E-state index contributed by atoms with van der Waals surface area (Å²) in [5, 5.41) is 13.1. The molecule has 17 heavy (non-hydrogen) atoms. The maximum Gasteiger partial charge on any atom is 0.0462 e. The molecule has 2 fully saturated rings. The van der Waals surface area contributed by atoms with Crippen LogP contribution in [-0.4, -0.2) is 30.8 Å². The second kappa shape index (κ2) is 6.72. The van der Waals surface area contributed by atoms with Gasteiger partial charge in [0.15, 0.2) is 0 Å². The summed E-state index contributed by atoms with van der Waals surface area (Å²) in [6, 6.07) is 0.640. The van der Waals surface area contributed by atoms with Gasteiger partial charge < -0.3 is 16.2 Å². The molecule has 0 aromatic rings. The second-order valence-corrected chi connectivity index (χ2v) is 5.93. The Hall–Kier alpha value is -0.120. The lowest BCUT2D eigenvalue weighted by molar-refractivity contribution is 0.129. The minimum atomic E-state index is 0.372. The van der Waals surface area contributed by atoms with Crippen LogP contribution in [0.2, 0.25) is 0 Å². The van der Waals surface area contributed by atoms with Gasteiger partial charge in [-0.1, -0.05) is 19.3 Å². The zero-order valence-electron chi connectivity index (χ0n) is 10.9. The van der Waals surface area contributed by atoms with Gasteiger partial charge >= 0.3 is 0 Å². The molecule has 2 aliphatic rings. The van der Waals surface area contributed by atoms with Crippen molar-refractivity contribution in [1.29, 1.82) is 0 Å². The van der Waals surface area contributed by atoms with Crippen LogP contribution >= 0.6 is 0 Å². The van der Waals surface area contributed by atoms with Crippen molar-refractivity contribution in [3.8, 4) is 0 Å². The molecule has 2 rings (SSSR count). The summed E-state index contributed by atoms with van der Waals surface area (Å²) >= 11 is 0. The Morgan fingerprint density at radius 3 is 2.35 bits per heavy atom. The highest BCUT2D eigenvalue weighted by Gasteiger charge is 2.29. The second-order valence-electron chi connectivity index (χ2n) is 5.93. The summed E-state index contributed by atoms with van der Waals surface area (Å²) in [6.07, 6.45) is 9.06. The van der Waals surface area contributed by atoms with Gasteiger partial charge in [0.25, 0.3) is 0 Å². The van der Waals surface area contributed by atoms with Crippen LogP contribution in [0.15, 0.2) is 0 Å². The molecule has 4 unspecified atom stereocenters. The van der Waals surface area contributed by atoms with Gasteiger partial charge in [0.2, 0.25) is 0 Å². The minimum Gasteiger partial charge on any atom is -0.396 e. The average Bonchev–Trinajstić information content (AvgIpc) is 2.84. The number of hydrogen-bond donors (Lipinski definition) is 3. The SMILES string of the molecule is NCC1CCCC1NCC1CCCCC1CO. The normalized spacial score (nSPS) is 38.5. The van der Waals surface area contributed by atoms with Gasteiger partial charge in [-0.15, -0.1) is 0 Å². The maximum atomic E-state index is 9.40. The standard InChI is InChI=1S/C14H28N2O/c15-8-11-6-3-7-14(11)16-9-12-4-1-2-5-13(12)10-17/h11-14,16-17H,1-10,15H2. The van der Waals surface area contributed by atoms with E-state index in [-0.39, 0.29) is 0 Å². The van der Waals surface area contributed by atoms with Crippen LogP contribution in [0.4, 0.5) is 0 Å². The number of nitrogens with one attached hydrogen (secondary N) is 1. The Balaban J connectivity index is 1.76. The third-order valence-corrected chi connectivity index (χ3v) is 4.91. The zero-order chi connectivity index (χ0) is 12.1. The van der Waals surface area contributed by atoms with E-state index in [0.717, 1.165) is 13.1 Å². The van der Waals surface area contributed by atoms with E-state index in [1.165, 1.54) is 44.9 Å². The molecule has 2 aliphatic carbocycles. The zero-order valence-corrected chi connectivity index (χ0v) is 10.9. The molecular formula is C14H28N2O. The number of hydrogen-bond acceptors (Lipinski definition) is 3. The lowest BCUT2D eigenvalue weighted by Gasteiger charge is -2.32. The van der Waals surface area contributed by atoms with Crippen LogP contribution in [0, 0.1) is 17.8 Å². The van der Waals surface area contributed by atoms with Gasteiger partial charge in [-0.2, -0.15) is 0 Å². The molecule has 100 valence electrons. The summed E-state index contributed by atoms with van der Waals surface area (Å²) in [6.45, 7) is 2.29. The summed E-state index contributed by atoms with van der Waals surface area (Å²) in [7, 11) is 0. The number of nitrogens with two attached hydrogens (primary N) is 1. The predicted octanol–water partition coefficient (Wildman–Crippen LogP) is 1.50. The average molecular weight is 240 g/mol. The number of aliphatic hydroxyl groups excluding tert-OH is 1. The first-order valence-electron chi connectivity index (χ1n) is 7.39. The van der Waals surface area contributed by atoms with Crippen LogP contribution < -0.4 is 11.1 Å². The lowest BCUT2D eigenvalue weighted by Crippen LogP contribution is -2.41. The Labute approximate surface area is 105 Å². The van der Waals surface area contributed by atoms with Gasteiger partial charge in [0.1, 0.15) is 0 Å². The third kappa shape index (κ3) is 3.43.